The van der Waals surface area contributed by atoms with E-state index in [0.29, 0.717) is 17.4 Å². The Morgan fingerprint density at radius 1 is 0.733 bits per heavy atom. The molecule has 0 N–H and O–H groups in total. The van der Waals surface area contributed by atoms with Gasteiger partial charge in [0, 0.05) is 5.92 Å². The largest absolute Gasteiger partial charge is 0.366 e. The van der Waals surface area contributed by atoms with Crippen molar-refractivity contribution in [2.75, 3.05) is 0 Å². The van der Waals surface area contributed by atoms with Crippen LogP contribution in [0.25, 0.3) is 0 Å². The average molecular weight is 413 g/mol. The molecule has 0 aromatic heterocycles. The first-order valence-electron chi connectivity index (χ1n) is 13.9. The molecule has 5 rings (SSSR count). The summed E-state index contributed by atoms with van der Waals surface area (Å²) in [6.07, 6.45) is 27.5. The van der Waals surface area contributed by atoms with Crippen molar-refractivity contribution in [3.8, 4) is 0 Å². The molecule has 1 nitrogen and oxygen atoms in total. The highest BCUT2D eigenvalue weighted by atomic mass is 16.5. The summed E-state index contributed by atoms with van der Waals surface area (Å²) in [6.45, 7) is 7.49. The van der Waals surface area contributed by atoms with E-state index in [1.54, 1.807) is 0 Å². The van der Waals surface area contributed by atoms with Crippen molar-refractivity contribution in [2.45, 2.75) is 129 Å². The summed E-state index contributed by atoms with van der Waals surface area (Å²) >= 11 is 0. The maximum Gasteiger partial charge on any atom is 0.0922 e. The molecule has 1 heteroatoms. The molecule has 0 saturated heterocycles. The summed E-state index contributed by atoms with van der Waals surface area (Å²) in [6, 6.07) is 0. The standard InChI is InChI=1S/C29H48O/c1-28(2,3)26-20-21-12-10-11-17-24(21)27-25(26)18-19-29(30-27,22-13-6-4-7-14-22)23-15-8-5-9-16-23/h18-19,21-27H,4-17,20H2,1-3H3. The van der Waals surface area contributed by atoms with Crippen LogP contribution < -0.4 is 0 Å². The minimum Gasteiger partial charge on any atom is -0.366 e. The van der Waals surface area contributed by atoms with E-state index in [0.717, 1.165) is 29.6 Å². The first kappa shape index (κ1) is 21.5. The Morgan fingerprint density at radius 3 is 1.90 bits per heavy atom. The monoisotopic (exact) mass is 412 g/mol. The molecule has 5 aliphatic rings. The lowest BCUT2D eigenvalue weighted by atomic mass is 9.54. The van der Waals surface area contributed by atoms with E-state index in [4.69, 9.17) is 4.74 Å². The molecule has 1 aliphatic heterocycles. The van der Waals surface area contributed by atoms with Gasteiger partial charge in [-0.3, -0.25) is 0 Å². The zero-order valence-corrected chi connectivity index (χ0v) is 20.2. The lowest BCUT2D eigenvalue weighted by molar-refractivity contribution is -0.212. The lowest BCUT2D eigenvalue weighted by Crippen LogP contribution is -2.59. The van der Waals surface area contributed by atoms with Gasteiger partial charge in [-0.2, -0.15) is 0 Å². The third kappa shape index (κ3) is 3.84. The van der Waals surface area contributed by atoms with Gasteiger partial charge in [-0.1, -0.05) is 90.7 Å². The van der Waals surface area contributed by atoms with E-state index >= 15 is 0 Å². The Morgan fingerprint density at radius 2 is 1.30 bits per heavy atom. The Kier molecular flexibility index (Phi) is 6.15. The number of rotatable bonds is 2. The second kappa shape index (κ2) is 8.57. The quantitative estimate of drug-likeness (QED) is 0.414. The van der Waals surface area contributed by atoms with Crippen LogP contribution >= 0.6 is 0 Å². The number of fused-ring (bicyclic) bond motifs is 3. The van der Waals surface area contributed by atoms with Crippen LogP contribution in [-0.2, 0) is 4.74 Å². The minimum absolute atomic E-state index is 0.0732. The summed E-state index contributed by atoms with van der Waals surface area (Å²) in [5.74, 6) is 4.76. The van der Waals surface area contributed by atoms with Crippen molar-refractivity contribution in [1.82, 2.24) is 0 Å². The summed E-state index contributed by atoms with van der Waals surface area (Å²) in [5.41, 5.74) is 0.457. The molecule has 5 unspecified atom stereocenters. The Labute approximate surface area is 186 Å². The lowest BCUT2D eigenvalue weighted by Gasteiger charge is -2.59. The van der Waals surface area contributed by atoms with Gasteiger partial charge in [-0.15, -0.1) is 0 Å². The molecule has 5 atom stereocenters. The third-order valence-corrected chi connectivity index (χ3v) is 10.3. The van der Waals surface area contributed by atoms with Crippen molar-refractivity contribution < 1.29 is 4.74 Å². The van der Waals surface area contributed by atoms with Gasteiger partial charge in [0.15, 0.2) is 0 Å². The van der Waals surface area contributed by atoms with Gasteiger partial charge >= 0.3 is 0 Å². The molecule has 4 saturated carbocycles. The molecule has 4 aliphatic carbocycles. The maximum atomic E-state index is 7.67. The third-order valence-electron chi connectivity index (χ3n) is 10.3. The highest BCUT2D eigenvalue weighted by molar-refractivity contribution is 5.19. The normalized spacial score (nSPS) is 40.6. The summed E-state index contributed by atoms with van der Waals surface area (Å²) < 4.78 is 7.67. The SMILES string of the molecule is CC(C)(C)C1CC2CCCCC2C2OC(C3CCCCC3)(C3CCCCC3)C=CC21. The van der Waals surface area contributed by atoms with Gasteiger partial charge in [-0.25, -0.2) is 0 Å². The summed E-state index contributed by atoms with van der Waals surface area (Å²) in [7, 11) is 0. The van der Waals surface area contributed by atoms with Crippen LogP contribution in [0, 0.1) is 40.9 Å². The van der Waals surface area contributed by atoms with Crippen LogP contribution in [0.1, 0.15) is 117 Å². The van der Waals surface area contributed by atoms with Crippen LogP contribution in [0.5, 0.6) is 0 Å². The van der Waals surface area contributed by atoms with Gasteiger partial charge < -0.3 is 4.74 Å². The Hall–Kier alpha value is -0.300. The highest BCUT2D eigenvalue weighted by Gasteiger charge is 2.55. The average Bonchev–Trinajstić information content (AvgIpc) is 2.78. The molecular weight excluding hydrogens is 364 g/mol. The van der Waals surface area contributed by atoms with Crippen LogP contribution in [0.15, 0.2) is 12.2 Å². The molecule has 0 spiro atoms. The number of hydrogen-bond donors (Lipinski definition) is 0. The zero-order chi connectivity index (χ0) is 20.8. The van der Waals surface area contributed by atoms with E-state index in [-0.39, 0.29) is 5.60 Å². The second-order valence-electron chi connectivity index (χ2n) is 13.0. The van der Waals surface area contributed by atoms with Crippen molar-refractivity contribution in [2.24, 2.45) is 40.9 Å². The topological polar surface area (TPSA) is 9.23 Å². The first-order valence-corrected chi connectivity index (χ1v) is 13.9. The molecule has 0 aromatic rings. The smallest absolute Gasteiger partial charge is 0.0922 e. The van der Waals surface area contributed by atoms with Crippen molar-refractivity contribution >= 4 is 0 Å². The van der Waals surface area contributed by atoms with E-state index in [2.05, 4.69) is 32.9 Å². The van der Waals surface area contributed by atoms with Gasteiger partial charge in [-0.05, 0) is 73.5 Å². The molecule has 0 bridgehead atoms. The van der Waals surface area contributed by atoms with Gasteiger partial charge in [0.25, 0.3) is 0 Å². The molecule has 170 valence electrons. The highest BCUT2D eigenvalue weighted by Crippen LogP contribution is 2.57. The van der Waals surface area contributed by atoms with Gasteiger partial charge in [0.1, 0.15) is 0 Å². The van der Waals surface area contributed by atoms with Gasteiger partial charge in [0.05, 0.1) is 11.7 Å². The van der Waals surface area contributed by atoms with Crippen molar-refractivity contribution in [3.63, 3.8) is 0 Å². The zero-order valence-electron chi connectivity index (χ0n) is 20.2. The number of ether oxygens (including phenoxy) is 1. The molecule has 4 fully saturated rings. The van der Waals surface area contributed by atoms with Crippen LogP contribution in [0.3, 0.4) is 0 Å². The molecule has 30 heavy (non-hydrogen) atoms. The predicted molar refractivity (Wildman–Crippen MR) is 126 cm³/mol. The Bertz CT molecular complexity index is 582. The fourth-order valence-electron chi connectivity index (χ4n) is 8.74. The second-order valence-corrected chi connectivity index (χ2v) is 13.0. The van der Waals surface area contributed by atoms with E-state index in [9.17, 15) is 0 Å². The van der Waals surface area contributed by atoms with Crippen LogP contribution in [-0.4, -0.2) is 11.7 Å². The Balaban J connectivity index is 1.52. The predicted octanol–water partition coefficient (Wildman–Crippen LogP) is 8.33. The van der Waals surface area contributed by atoms with Crippen molar-refractivity contribution in [3.05, 3.63) is 12.2 Å². The van der Waals surface area contributed by atoms with E-state index < -0.39 is 0 Å². The minimum atomic E-state index is 0.0732. The van der Waals surface area contributed by atoms with Crippen LogP contribution in [0.4, 0.5) is 0 Å². The van der Waals surface area contributed by atoms with Crippen LogP contribution in [0.2, 0.25) is 0 Å². The molecule has 0 aromatic carbocycles. The molecule has 0 radical (unpaired) electrons. The summed E-state index contributed by atoms with van der Waals surface area (Å²) in [4.78, 5) is 0. The number of hydrogen-bond acceptors (Lipinski definition) is 1. The fourth-order valence-corrected chi connectivity index (χ4v) is 8.74. The van der Waals surface area contributed by atoms with E-state index in [1.807, 2.05) is 0 Å². The molecule has 1 heterocycles. The molecule has 0 amide bonds. The van der Waals surface area contributed by atoms with E-state index in [1.165, 1.54) is 96.3 Å². The summed E-state index contributed by atoms with van der Waals surface area (Å²) in [5, 5.41) is 0. The first-order chi connectivity index (χ1) is 14.5. The maximum absolute atomic E-state index is 7.67. The van der Waals surface area contributed by atoms with Gasteiger partial charge in [0.2, 0.25) is 0 Å². The van der Waals surface area contributed by atoms with Crippen molar-refractivity contribution in [1.29, 1.82) is 0 Å². The molecular formula is C29H48O. The fraction of sp³-hybridized carbons (Fsp3) is 0.931.